The molecule has 120 valence electrons. The Labute approximate surface area is 125 Å². The summed E-state index contributed by atoms with van der Waals surface area (Å²) in [4.78, 5) is 13.7. The van der Waals surface area contributed by atoms with Crippen LogP contribution in [0.4, 0.5) is 4.79 Å². The number of carbonyl (C=O) groups excluding carboxylic acids is 1. The van der Waals surface area contributed by atoms with Crippen molar-refractivity contribution in [2.45, 2.75) is 31.1 Å². The van der Waals surface area contributed by atoms with Crippen molar-refractivity contribution in [3.8, 4) is 0 Å². The van der Waals surface area contributed by atoms with E-state index in [2.05, 4.69) is 10.6 Å². The van der Waals surface area contributed by atoms with Gasteiger partial charge in [-0.25, -0.2) is 4.79 Å². The minimum atomic E-state index is -0.561. The summed E-state index contributed by atoms with van der Waals surface area (Å²) in [5.74, 6) is 0.775. The van der Waals surface area contributed by atoms with Crippen LogP contribution in [-0.2, 0) is 9.47 Å². The molecule has 1 aliphatic carbocycles. The maximum Gasteiger partial charge on any atom is 0.317 e. The van der Waals surface area contributed by atoms with E-state index in [9.17, 15) is 9.90 Å². The molecule has 7 heteroatoms. The second kappa shape index (κ2) is 6.91. The van der Waals surface area contributed by atoms with E-state index in [4.69, 9.17) is 9.47 Å². The summed E-state index contributed by atoms with van der Waals surface area (Å²) in [5.41, 5.74) is 0. The number of aliphatic hydroxyl groups is 1. The molecule has 2 saturated heterocycles. The molecule has 3 N–H and O–H groups in total. The first-order chi connectivity index (χ1) is 10.2. The first-order valence-corrected chi connectivity index (χ1v) is 7.87. The van der Waals surface area contributed by atoms with E-state index in [-0.39, 0.29) is 18.2 Å². The highest BCUT2D eigenvalue weighted by Crippen LogP contribution is 2.28. The molecule has 2 amide bonds. The summed E-state index contributed by atoms with van der Waals surface area (Å²) in [7, 11) is 0. The highest BCUT2D eigenvalue weighted by Gasteiger charge is 2.36. The number of aliphatic hydroxyl groups excluding tert-OH is 1. The summed E-state index contributed by atoms with van der Waals surface area (Å²) in [6.45, 7) is 4.21. The van der Waals surface area contributed by atoms with Crippen molar-refractivity contribution < 1.29 is 19.4 Å². The summed E-state index contributed by atoms with van der Waals surface area (Å²) in [5, 5.41) is 16.4. The zero-order valence-electron chi connectivity index (χ0n) is 12.3. The molecule has 2 heterocycles. The monoisotopic (exact) mass is 299 g/mol. The van der Waals surface area contributed by atoms with Crippen LogP contribution < -0.4 is 10.6 Å². The molecule has 0 radical (unpaired) electrons. The van der Waals surface area contributed by atoms with Gasteiger partial charge in [0, 0.05) is 19.6 Å². The van der Waals surface area contributed by atoms with Gasteiger partial charge in [-0.2, -0.15) is 0 Å². The van der Waals surface area contributed by atoms with E-state index in [0.717, 1.165) is 12.5 Å². The Morgan fingerprint density at radius 1 is 1.24 bits per heavy atom. The molecule has 0 spiro atoms. The summed E-state index contributed by atoms with van der Waals surface area (Å²) in [6.07, 6.45) is 1.69. The van der Waals surface area contributed by atoms with Gasteiger partial charge in [0.1, 0.15) is 6.10 Å². The zero-order valence-corrected chi connectivity index (χ0v) is 12.3. The van der Waals surface area contributed by atoms with Crippen molar-refractivity contribution >= 4 is 6.03 Å². The third-order valence-corrected chi connectivity index (χ3v) is 4.40. The minimum Gasteiger partial charge on any atom is -0.389 e. The molecular formula is C14H25N3O4. The zero-order chi connectivity index (χ0) is 14.7. The van der Waals surface area contributed by atoms with Crippen LogP contribution in [0.3, 0.4) is 0 Å². The number of amides is 2. The molecule has 7 nitrogen and oxygen atoms in total. The number of nitrogens with zero attached hydrogens (tertiary/aromatic N) is 1. The Hall–Kier alpha value is -0.890. The summed E-state index contributed by atoms with van der Waals surface area (Å²) < 4.78 is 10.8. The highest BCUT2D eigenvalue weighted by molar-refractivity contribution is 5.74. The molecule has 3 atom stereocenters. The SMILES string of the molecule is O=C(NC[C@H]1OC[C@@H](NCC2CC2)[C@@H]1O)N1CCOCC1. The molecule has 0 bridgehead atoms. The fourth-order valence-electron chi connectivity index (χ4n) is 2.75. The van der Waals surface area contributed by atoms with Gasteiger partial charge in [-0.1, -0.05) is 0 Å². The lowest BCUT2D eigenvalue weighted by Gasteiger charge is -2.27. The van der Waals surface area contributed by atoms with E-state index in [0.29, 0.717) is 39.5 Å². The molecule has 1 saturated carbocycles. The highest BCUT2D eigenvalue weighted by atomic mass is 16.5. The molecule has 2 aliphatic heterocycles. The smallest absolute Gasteiger partial charge is 0.317 e. The predicted molar refractivity (Wildman–Crippen MR) is 76.1 cm³/mol. The Morgan fingerprint density at radius 3 is 2.71 bits per heavy atom. The lowest BCUT2D eigenvalue weighted by atomic mass is 10.1. The number of ether oxygens (including phenoxy) is 2. The van der Waals surface area contributed by atoms with Gasteiger partial charge in [0.2, 0.25) is 0 Å². The van der Waals surface area contributed by atoms with Gasteiger partial charge in [0.05, 0.1) is 32.0 Å². The maximum absolute atomic E-state index is 12.0. The lowest BCUT2D eigenvalue weighted by Crippen LogP contribution is -2.50. The molecule has 0 unspecified atom stereocenters. The number of carbonyl (C=O) groups is 1. The lowest BCUT2D eigenvalue weighted by molar-refractivity contribution is 0.0360. The molecule has 0 aromatic carbocycles. The largest absolute Gasteiger partial charge is 0.389 e. The van der Waals surface area contributed by atoms with E-state index < -0.39 is 6.10 Å². The number of nitrogens with one attached hydrogen (secondary N) is 2. The van der Waals surface area contributed by atoms with E-state index in [1.165, 1.54) is 12.8 Å². The first-order valence-electron chi connectivity index (χ1n) is 7.87. The molecule has 0 aromatic rings. The second-order valence-electron chi connectivity index (χ2n) is 6.11. The molecule has 3 aliphatic rings. The van der Waals surface area contributed by atoms with Crippen molar-refractivity contribution in [2.75, 3.05) is 46.0 Å². The second-order valence-corrected chi connectivity index (χ2v) is 6.11. The average molecular weight is 299 g/mol. The predicted octanol–water partition coefficient (Wildman–Crippen LogP) is -0.844. The van der Waals surface area contributed by atoms with Gasteiger partial charge < -0.3 is 30.1 Å². The number of rotatable bonds is 5. The van der Waals surface area contributed by atoms with Crippen LogP contribution >= 0.6 is 0 Å². The van der Waals surface area contributed by atoms with E-state index in [1.807, 2.05) is 0 Å². The normalized spacial score (nSPS) is 33.2. The van der Waals surface area contributed by atoms with Crippen LogP contribution in [0, 0.1) is 5.92 Å². The summed E-state index contributed by atoms with van der Waals surface area (Å²) >= 11 is 0. The van der Waals surface area contributed by atoms with Gasteiger partial charge >= 0.3 is 6.03 Å². The number of urea groups is 1. The van der Waals surface area contributed by atoms with Crippen LogP contribution in [0.5, 0.6) is 0 Å². The summed E-state index contributed by atoms with van der Waals surface area (Å²) in [6, 6.07) is -0.126. The van der Waals surface area contributed by atoms with Gasteiger partial charge in [-0.15, -0.1) is 0 Å². The Balaban J connectivity index is 1.37. The van der Waals surface area contributed by atoms with Crippen molar-refractivity contribution in [3.05, 3.63) is 0 Å². The molecular weight excluding hydrogens is 274 g/mol. The van der Waals surface area contributed by atoms with Gasteiger partial charge in [-0.05, 0) is 25.3 Å². The van der Waals surface area contributed by atoms with Gasteiger partial charge in [0.25, 0.3) is 0 Å². The van der Waals surface area contributed by atoms with E-state index in [1.54, 1.807) is 4.90 Å². The van der Waals surface area contributed by atoms with Gasteiger partial charge in [0.15, 0.2) is 0 Å². The fraction of sp³-hybridized carbons (Fsp3) is 0.929. The molecule has 0 aromatic heterocycles. The Kier molecular flexibility index (Phi) is 4.95. The van der Waals surface area contributed by atoms with Crippen LogP contribution in [0.2, 0.25) is 0 Å². The minimum absolute atomic E-state index is 0.0177. The number of hydrogen-bond donors (Lipinski definition) is 3. The van der Waals surface area contributed by atoms with E-state index >= 15 is 0 Å². The Bertz CT molecular complexity index is 358. The van der Waals surface area contributed by atoms with Crippen molar-refractivity contribution in [2.24, 2.45) is 5.92 Å². The quantitative estimate of drug-likeness (QED) is 0.616. The van der Waals surface area contributed by atoms with Crippen LogP contribution in [0.25, 0.3) is 0 Å². The third kappa shape index (κ3) is 4.06. The molecule has 21 heavy (non-hydrogen) atoms. The van der Waals surface area contributed by atoms with Crippen molar-refractivity contribution in [1.82, 2.24) is 15.5 Å². The van der Waals surface area contributed by atoms with Crippen molar-refractivity contribution in [1.29, 1.82) is 0 Å². The van der Waals surface area contributed by atoms with Crippen LogP contribution in [-0.4, -0.2) is 80.3 Å². The Morgan fingerprint density at radius 2 is 2.00 bits per heavy atom. The van der Waals surface area contributed by atoms with Crippen LogP contribution in [0.15, 0.2) is 0 Å². The average Bonchev–Trinajstić information content (AvgIpc) is 3.28. The number of hydrogen-bond acceptors (Lipinski definition) is 5. The maximum atomic E-state index is 12.0. The third-order valence-electron chi connectivity index (χ3n) is 4.40. The topological polar surface area (TPSA) is 83.1 Å². The fourth-order valence-corrected chi connectivity index (χ4v) is 2.75. The van der Waals surface area contributed by atoms with Crippen molar-refractivity contribution in [3.63, 3.8) is 0 Å². The van der Waals surface area contributed by atoms with Crippen LogP contribution in [0.1, 0.15) is 12.8 Å². The first kappa shape index (κ1) is 15.0. The molecule has 3 fully saturated rings. The standard InChI is InChI=1S/C14H25N3O4/c18-13-11(15-7-10-1-2-10)9-21-12(13)8-16-14(19)17-3-5-20-6-4-17/h10-13,15,18H,1-9H2,(H,16,19)/t11-,12-,13+/m1/s1. The van der Waals surface area contributed by atoms with Gasteiger partial charge in [-0.3, -0.25) is 0 Å². The number of morpholine rings is 1. The molecule has 3 rings (SSSR count).